The van der Waals surface area contributed by atoms with Crippen molar-refractivity contribution in [2.24, 2.45) is 0 Å². The van der Waals surface area contributed by atoms with Crippen LogP contribution in [0.4, 0.5) is 8.78 Å². The summed E-state index contributed by atoms with van der Waals surface area (Å²) in [5, 5.41) is 9.91. The van der Waals surface area contributed by atoms with Crippen LogP contribution in [0.3, 0.4) is 0 Å². The molecule has 90 valence electrons. The van der Waals surface area contributed by atoms with Gasteiger partial charge in [0.15, 0.2) is 11.6 Å². The molecular formula is C12H16F2O2. The summed E-state index contributed by atoms with van der Waals surface area (Å²) in [6.07, 6.45) is -1.22. The van der Waals surface area contributed by atoms with Crippen LogP contribution in [0.5, 0.6) is 0 Å². The highest BCUT2D eigenvalue weighted by Gasteiger charge is 2.31. The minimum absolute atomic E-state index is 0.0880. The van der Waals surface area contributed by atoms with Crippen LogP contribution in [0.2, 0.25) is 0 Å². The number of hydrogen-bond donors (Lipinski definition) is 1. The molecule has 0 radical (unpaired) electrons. The van der Waals surface area contributed by atoms with E-state index in [-0.39, 0.29) is 11.1 Å². The van der Waals surface area contributed by atoms with Crippen LogP contribution in [0.1, 0.15) is 31.1 Å². The molecule has 0 aliphatic carbocycles. The summed E-state index contributed by atoms with van der Waals surface area (Å²) in [6.45, 7) is 4.68. The zero-order chi connectivity index (χ0) is 12.5. The van der Waals surface area contributed by atoms with Crippen LogP contribution >= 0.6 is 0 Å². The molecule has 2 nitrogen and oxygen atoms in total. The van der Waals surface area contributed by atoms with E-state index < -0.39 is 23.3 Å². The molecule has 1 atom stereocenters. The molecule has 0 fully saturated rings. The maximum Gasteiger partial charge on any atom is 0.164 e. The number of rotatable bonds is 3. The summed E-state index contributed by atoms with van der Waals surface area (Å²) in [6, 6.07) is 2.81. The van der Waals surface area contributed by atoms with Crippen LogP contribution in [-0.4, -0.2) is 17.8 Å². The average molecular weight is 230 g/mol. The Hall–Kier alpha value is -1.00. The molecule has 0 saturated heterocycles. The SMILES string of the molecule is COC(C)(C)C(O)c1ccc(C)c(F)c1F. The first kappa shape index (κ1) is 13.1. The Morgan fingerprint density at radius 1 is 1.25 bits per heavy atom. The van der Waals surface area contributed by atoms with Crippen molar-refractivity contribution in [2.45, 2.75) is 32.5 Å². The molecule has 0 bridgehead atoms. The Morgan fingerprint density at radius 2 is 1.81 bits per heavy atom. The van der Waals surface area contributed by atoms with Crippen LogP contribution in [0.15, 0.2) is 12.1 Å². The third kappa shape index (κ3) is 2.23. The van der Waals surface area contributed by atoms with Gasteiger partial charge < -0.3 is 9.84 Å². The van der Waals surface area contributed by atoms with Gasteiger partial charge in [-0.2, -0.15) is 0 Å². The van der Waals surface area contributed by atoms with E-state index in [9.17, 15) is 13.9 Å². The van der Waals surface area contributed by atoms with E-state index in [1.54, 1.807) is 13.8 Å². The van der Waals surface area contributed by atoms with Crippen molar-refractivity contribution in [3.05, 3.63) is 34.9 Å². The van der Waals surface area contributed by atoms with Gasteiger partial charge in [0.05, 0.1) is 5.60 Å². The van der Waals surface area contributed by atoms with Gasteiger partial charge in [-0.25, -0.2) is 8.78 Å². The molecule has 1 aromatic carbocycles. The van der Waals surface area contributed by atoms with Crippen molar-refractivity contribution < 1.29 is 18.6 Å². The van der Waals surface area contributed by atoms with E-state index in [1.165, 1.54) is 26.2 Å². The van der Waals surface area contributed by atoms with Crippen molar-refractivity contribution in [3.63, 3.8) is 0 Å². The first-order valence-electron chi connectivity index (χ1n) is 4.99. The standard InChI is InChI=1S/C12H16F2O2/c1-7-5-6-8(10(14)9(7)13)11(15)12(2,3)16-4/h5-6,11,15H,1-4H3. The lowest BCUT2D eigenvalue weighted by Gasteiger charge is -2.29. The molecule has 0 heterocycles. The highest BCUT2D eigenvalue weighted by molar-refractivity contribution is 5.28. The van der Waals surface area contributed by atoms with E-state index in [0.717, 1.165) is 0 Å². The van der Waals surface area contributed by atoms with Gasteiger partial charge in [-0.3, -0.25) is 0 Å². The number of aliphatic hydroxyl groups is 1. The summed E-state index contributed by atoms with van der Waals surface area (Å²) >= 11 is 0. The number of ether oxygens (including phenoxy) is 1. The van der Waals surface area contributed by atoms with Gasteiger partial charge in [0.25, 0.3) is 0 Å². The van der Waals surface area contributed by atoms with E-state index >= 15 is 0 Å². The lowest BCUT2D eigenvalue weighted by Crippen LogP contribution is -2.32. The highest BCUT2D eigenvalue weighted by atomic mass is 19.2. The van der Waals surface area contributed by atoms with Gasteiger partial charge in [0.1, 0.15) is 6.10 Å². The Balaban J connectivity index is 3.20. The summed E-state index contributed by atoms with van der Waals surface area (Å²) in [5.41, 5.74) is -0.846. The molecule has 1 unspecified atom stereocenters. The second kappa shape index (κ2) is 4.47. The monoisotopic (exact) mass is 230 g/mol. The molecule has 1 N–H and O–H groups in total. The molecular weight excluding hydrogens is 214 g/mol. The highest BCUT2D eigenvalue weighted by Crippen LogP contribution is 2.31. The van der Waals surface area contributed by atoms with Crippen LogP contribution in [0.25, 0.3) is 0 Å². The van der Waals surface area contributed by atoms with Crippen molar-refractivity contribution in [3.8, 4) is 0 Å². The van der Waals surface area contributed by atoms with Crippen molar-refractivity contribution in [1.29, 1.82) is 0 Å². The number of benzene rings is 1. The Bertz CT molecular complexity index is 389. The summed E-state index contributed by atoms with van der Waals surface area (Å²) < 4.78 is 31.9. The van der Waals surface area contributed by atoms with E-state index in [4.69, 9.17) is 4.74 Å². The molecule has 1 aromatic rings. The topological polar surface area (TPSA) is 29.5 Å². The van der Waals surface area contributed by atoms with Gasteiger partial charge in [0, 0.05) is 12.7 Å². The van der Waals surface area contributed by atoms with Crippen LogP contribution in [-0.2, 0) is 4.74 Å². The molecule has 0 spiro atoms. The van der Waals surface area contributed by atoms with Gasteiger partial charge >= 0.3 is 0 Å². The average Bonchev–Trinajstić information content (AvgIpc) is 2.25. The molecule has 0 saturated carbocycles. The summed E-state index contributed by atoms with van der Waals surface area (Å²) in [4.78, 5) is 0. The molecule has 0 aliphatic heterocycles. The smallest absolute Gasteiger partial charge is 0.164 e. The first-order chi connectivity index (χ1) is 7.31. The third-order valence-electron chi connectivity index (χ3n) is 2.78. The fourth-order valence-corrected chi connectivity index (χ4v) is 1.36. The predicted molar refractivity (Wildman–Crippen MR) is 57.1 cm³/mol. The minimum Gasteiger partial charge on any atom is -0.385 e. The van der Waals surface area contributed by atoms with Crippen LogP contribution < -0.4 is 0 Å². The van der Waals surface area contributed by atoms with Gasteiger partial charge in [-0.05, 0) is 26.3 Å². The maximum absolute atomic E-state index is 13.6. The molecule has 0 amide bonds. The Kier molecular flexibility index (Phi) is 3.65. The minimum atomic E-state index is -1.22. The fourth-order valence-electron chi connectivity index (χ4n) is 1.36. The van der Waals surface area contributed by atoms with Gasteiger partial charge in [0.2, 0.25) is 0 Å². The Morgan fingerprint density at radius 3 is 2.31 bits per heavy atom. The normalized spacial score (nSPS) is 13.9. The van der Waals surface area contributed by atoms with Gasteiger partial charge in [-0.15, -0.1) is 0 Å². The lowest BCUT2D eigenvalue weighted by molar-refractivity contribution is -0.0807. The number of hydrogen-bond acceptors (Lipinski definition) is 2. The lowest BCUT2D eigenvalue weighted by atomic mass is 9.93. The third-order valence-corrected chi connectivity index (χ3v) is 2.78. The molecule has 0 aliphatic rings. The number of halogens is 2. The number of aryl methyl sites for hydroxylation is 1. The van der Waals surface area contributed by atoms with E-state index in [0.29, 0.717) is 0 Å². The van der Waals surface area contributed by atoms with E-state index in [2.05, 4.69) is 0 Å². The molecule has 1 rings (SSSR count). The van der Waals surface area contributed by atoms with Crippen molar-refractivity contribution in [2.75, 3.05) is 7.11 Å². The second-order valence-electron chi connectivity index (χ2n) is 4.31. The fraction of sp³-hybridized carbons (Fsp3) is 0.500. The quantitative estimate of drug-likeness (QED) is 0.865. The molecule has 4 heteroatoms. The number of methoxy groups -OCH3 is 1. The van der Waals surface area contributed by atoms with Crippen LogP contribution in [0, 0.1) is 18.6 Å². The zero-order valence-electron chi connectivity index (χ0n) is 9.84. The van der Waals surface area contributed by atoms with E-state index in [1.807, 2.05) is 0 Å². The van der Waals surface area contributed by atoms with Crippen molar-refractivity contribution >= 4 is 0 Å². The van der Waals surface area contributed by atoms with Crippen molar-refractivity contribution in [1.82, 2.24) is 0 Å². The predicted octanol–water partition coefficient (Wildman–Crippen LogP) is 2.73. The summed E-state index contributed by atoms with van der Waals surface area (Å²) in [5.74, 6) is -1.94. The maximum atomic E-state index is 13.6. The Labute approximate surface area is 93.9 Å². The molecule has 16 heavy (non-hydrogen) atoms. The first-order valence-corrected chi connectivity index (χ1v) is 4.99. The summed E-state index contributed by atoms with van der Waals surface area (Å²) in [7, 11) is 1.41. The largest absolute Gasteiger partial charge is 0.385 e. The molecule has 0 aromatic heterocycles. The number of aliphatic hydroxyl groups excluding tert-OH is 1. The second-order valence-corrected chi connectivity index (χ2v) is 4.31. The zero-order valence-corrected chi connectivity index (χ0v) is 9.84. The van der Waals surface area contributed by atoms with Gasteiger partial charge in [-0.1, -0.05) is 12.1 Å².